The SMILES string of the molecule is COc1ccc(NC(=O)N2CCNC(=O)CC2)cc1. The average molecular weight is 263 g/mol. The van der Waals surface area contributed by atoms with Gasteiger partial charge in [-0.25, -0.2) is 4.79 Å². The van der Waals surface area contributed by atoms with Crippen LogP contribution in [0.3, 0.4) is 0 Å². The molecule has 1 aromatic carbocycles. The molecule has 0 aliphatic carbocycles. The zero-order chi connectivity index (χ0) is 13.7. The molecule has 0 saturated carbocycles. The van der Waals surface area contributed by atoms with Gasteiger partial charge in [-0.1, -0.05) is 0 Å². The number of anilines is 1. The lowest BCUT2D eigenvalue weighted by atomic mass is 10.3. The van der Waals surface area contributed by atoms with Crippen molar-refractivity contribution in [3.8, 4) is 5.75 Å². The van der Waals surface area contributed by atoms with Crippen LogP contribution < -0.4 is 15.4 Å². The summed E-state index contributed by atoms with van der Waals surface area (Å²) in [5.74, 6) is 0.724. The summed E-state index contributed by atoms with van der Waals surface area (Å²) < 4.78 is 5.05. The second-order valence-electron chi connectivity index (χ2n) is 4.25. The van der Waals surface area contributed by atoms with Gasteiger partial charge in [0.25, 0.3) is 0 Å². The maximum atomic E-state index is 12.0. The van der Waals surface area contributed by atoms with Crippen LogP contribution in [0.5, 0.6) is 5.75 Å². The van der Waals surface area contributed by atoms with Crippen LogP contribution in [0.4, 0.5) is 10.5 Å². The molecule has 6 nitrogen and oxygen atoms in total. The van der Waals surface area contributed by atoms with Gasteiger partial charge in [0.2, 0.25) is 5.91 Å². The Morgan fingerprint density at radius 2 is 2.05 bits per heavy atom. The molecule has 0 bridgehead atoms. The van der Waals surface area contributed by atoms with Crippen molar-refractivity contribution in [1.29, 1.82) is 0 Å². The molecule has 1 heterocycles. The second-order valence-corrected chi connectivity index (χ2v) is 4.25. The third kappa shape index (κ3) is 3.61. The van der Waals surface area contributed by atoms with Crippen LogP contribution >= 0.6 is 0 Å². The zero-order valence-corrected chi connectivity index (χ0v) is 10.8. The van der Waals surface area contributed by atoms with Crippen molar-refractivity contribution in [1.82, 2.24) is 10.2 Å². The lowest BCUT2D eigenvalue weighted by Crippen LogP contribution is -2.37. The van der Waals surface area contributed by atoms with E-state index >= 15 is 0 Å². The van der Waals surface area contributed by atoms with Crippen molar-refractivity contribution < 1.29 is 14.3 Å². The van der Waals surface area contributed by atoms with E-state index in [1.54, 1.807) is 36.3 Å². The number of methoxy groups -OCH3 is 1. The van der Waals surface area contributed by atoms with Crippen molar-refractivity contribution in [3.05, 3.63) is 24.3 Å². The fraction of sp³-hybridized carbons (Fsp3) is 0.385. The molecule has 1 aliphatic rings. The molecular formula is C13H17N3O3. The third-order valence-corrected chi connectivity index (χ3v) is 2.94. The summed E-state index contributed by atoms with van der Waals surface area (Å²) in [7, 11) is 1.59. The molecule has 0 spiro atoms. The summed E-state index contributed by atoms with van der Waals surface area (Å²) in [4.78, 5) is 24.8. The van der Waals surface area contributed by atoms with E-state index in [4.69, 9.17) is 4.74 Å². The lowest BCUT2D eigenvalue weighted by Gasteiger charge is -2.20. The number of nitrogens with one attached hydrogen (secondary N) is 2. The van der Waals surface area contributed by atoms with Gasteiger partial charge in [0.15, 0.2) is 0 Å². The largest absolute Gasteiger partial charge is 0.497 e. The second kappa shape index (κ2) is 6.08. The molecule has 0 radical (unpaired) electrons. The molecular weight excluding hydrogens is 246 g/mol. The maximum absolute atomic E-state index is 12.0. The fourth-order valence-electron chi connectivity index (χ4n) is 1.85. The molecule has 1 saturated heterocycles. The summed E-state index contributed by atoms with van der Waals surface area (Å²) >= 11 is 0. The van der Waals surface area contributed by atoms with Crippen molar-refractivity contribution in [3.63, 3.8) is 0 Å². The van der Waals surface area contributed by atoms with Crippen molar-refractivity contribution in [2.45, 2.75) is 6.42 Å². The first kappa shape index (κ1) is 13.2. The van der Waals surface area contributed by atoms with E-state index in [0.717, 1.165) is 5.75 Å². The van der Waals surface area contributed by atoms with Crippen LogP contribution in [0.25, 0.3) is 0 Å². The Morgan fingerprint density at radius 1 is 1.32 bits per heavy atom. The Labute approximate surface area is 111 Å². The van der Waals surface area contributed by atoms with Gasteiger partial charge in [0.1, 0.15) is 5.75 Å². The maximum Gasteiger partial charge on any atom is 0.321 e. The zero-order valence-electron chi connectivity index (χ0n) is 10.8. The highest BCUT2D eigenvalue weighted by molar-refractivity contribution is 5.90. The minimum absolute atomic E-state index is 0.0141. The molecule has 1 aromatic rings. The van der Waals surface area contributed by atoms with Crippen molar-refractivity contribution >= 4 is 17.6 Å². The van der Waals surface area contributed by atoms with Crippen LogP contribution in [0, 0.1) is 0 Å². The Bertz CT molecular complexity index is 459. The van der Waals surface area contributed by atoms with Gasteiger partial charge < -0.3 is 20.3 Å². The topological polar surface area (TPSA) is 70.7 Å². The van der Waals surface area contributed by atoms with Crippen LogP contribution in [0.1, 0.15) is 6.42 Å². The summed E-state index contributed by atoms with van der Waals surface area (Å²) in [5.41, 5.74) is 0.703. The summed E-state index contributed by atoms with van der Waals surface area (Å²) in [6.45, 7) is 1.45. The molecule has 3 amide bonds. The molecule has 2 N–H and O–H groups in total. The van der Waals surface area contributed by atoms with Gasteiger partial charge in [-0.2, -0.15) is 0 Å². The molecule has 1 aliphatic heterocycles. The molecule has 0 aromatic heterocycles. The number of carbonyl (C=O) groups excluding carboxylic acids is 2. The number of rotatable bonds is 2. The smallest absolute Gasteiger partial charge is 0.321 e. The third-order valence-electron chi connectivity index (χ3n) is 2.94. The normalized spacial score (nSPS) is 15.4. The van der Waals surface area contributed by atoms with E-state index in [1.807, 2.05) is 0 Å². The van der Waals surface area contributed by atoms with Gasteiger partial charge in [-0.05, 0) is 24.3 Å². The predicted molar refractivity (Wildman–Crippen MR) is 71.2 cm³/mol. The quantitative estimate of drug-likeness (QED) is 0.837. The van der Waals surface area contributed by atoms with Crippen LogP contribution in [0.2, 0.25) is 0 Å². The highest BCUT2D eigenvalue weighted by atomic mass is 16.5. The summed E-state index contributed by atoms with van der Waals surface area (Å²) in [5, 5.41) is 5.53. The number of benzene rings is 1. The molecule has 102 valence electrons. The molecule has 2 rings (SSSR count). The predicted octanol–water partition coefficient (Wildman–Crippen LogP) is 1.05. The van der Waals surface area contributed by atoms with Crippen LogP contribution in [-0.4, -0.2) is 43.6 Å². The first-order valence-electron chi connectivity index (χ1n) is 6.16. The summed E-state index contributed by atoms with van der Waals surface area (Å²) in [6.07, 6.45) is 0.343. The Balaban J connectivity index is 1.93. The van der Waals surface area contributed by atoms with Crippen molar-refractivity contribution in [2.75, 3.05) is 32.1 Å². The Kier molecular flexibility index (Phi) is 4.22. The number of hydrogen-bond acceptors (Lipinski definition) is 3. The number of ether oxygens (including phenoxy) is 1. The Morgan fingerprint density at radius 3 is 2.74 bits per heavy atom. The monoisotopic (exact) mass is 263 g/mol. The van der Waals surface area contributed by atoms with Gasteiger partial charge >= 0.3 is 6.03 Å². The highest BCUT2D eigenvalue weighted by Crippen LogP contribution is 2.15. The van der Waals surface area contributed by atoms with Crippen LogP contribution in [0.15, 0.2) is 24.3 Å². The number of amides is 3. The van der Waals surface area contributed by atoms with Gasteiger partial charge in [0.05, 0.1) is 7.11 Å². The van der Waals surface area contributed by atoms with E-state index in [9.17, 15) is 9.59 Å². The molecule has 6 heteroatoms. The van der Waals surface area contributed by atoms with E-state index in [2.05, 4.69) is 10.6 Å². The molecule has 19 heavy (non-hydrogen) atoms. The fourth-order valence-corrected chi connectivity index (χ4v) is 1.85. The first-order chi connectivity index (χ1) is 9.19. The molecule has 0 unspecified atom stereocenters. The number of carbonyl (C=O) groups is 2. The Hall–Kier alpha value is -2.24. The minimum Gasteiger partial charge on any atom is -0.497 e. The highest BCUT2D eigenvalue weighted by Gasteiger charge is 2.18. The molecule has 0 atom stereocenters. The van der Waals surface area contributed by atoms with Gasteiger partial charge in [-0.3, -0.25) is 4.79 Å². The summed E-state index contributed by atoms with van der Waals surface area (Å²) in [6, 6.07) is 6.92. The number of urea groups is 1. The first-order valence-corrected chi connectivity index (χ1v) is 6.16. The van der Waals surface area contributed by atoms with Gasteiger partial charge in [-0.15, -0.1) is 0 Å². The lowest BCUT2D eigenvalue weighted by molar-refractivity contribution is -0.120. The average Bonchev–Trinajstić information content (AvgIpc) is 2.64. The van der Waals surface area contributed by atoms with E-state index in [0.29, 0.717) is 31.7 Å². The number of hydrogen-bond donors (Lipinski definition) is 2. The molecule has 1 fully saturated rings. The van der Waals surface area contributed by atoms with E-state index in [1.165, 1.54) is 0 Å². The van der Waals surface area contributed by atoms with E-state index in [-0.39, 0.29) is 11.9 Å². The van der Waals surface area contributed by atoms with Crippen molar-refractivity contribution in [2.24, 2.45) is 0 Å². The standard InChI is InChI=1S/C13H17N3O3/c1-19-11-4-2-10(3-5-11)15-13(18)16-8-6-12(17)14-7-9-16/h2-5H,6-9H2,1H3,(H,14,17)(H,15,18). The van der Waals surface area contributed by atoms with E-state index < -0.39 is 0 Å². The minimum atomic E-state index is -0.193. The van der Waals surface area contributed by atoms with Crippen LogP contribution in [-0.2, 0) is 4.79 Å². The van der Waals surface area contributed by atoms with Gasteiger partial charge in [0, 0.05) is 31.7 Å². The number of nitrogens with zero attached hydrogens (tertiary/aromatic N) is 1.